The highest BCUT2D eigenvalue weighted by atomic mass is 32.1. The first kappa shape index (κ1) is 20.1. The number of thiophene rings is 1. The van der Waals surface area contributed by atoms with E-state index in [-0.39, 0.29) is 5.82 Å². The smallest absolute Gasteiger partial charge is 0.163 e. The van der Waals surface area contributed by atoms with Crippen LogP contribution in [0, 0.1) is 12.7 Å². The second-order valence-electron chi connectivity index (χ2n) is 6.60. The maximum absolute atomic E-state index is 13.4. The molecule has 0 aliphatic heterocycles. The summed E-state index contributed by atoms with van der Waals surface area (Å²) < 4.78 is 24.8. The highest BCUT2D eigenvalue weighted by Gasteiger charge is 2.17. The van der Waals surface area contributed by atoms with Crippen molar-refractivity contribution < 1.29 is 13.9 Å². The second kappa shape index (κ2) is 8.67. The van der Waals surface area contributed by atoms with Gasteiger partial charge in [-0.15, -0.1) is 11.3 Å². The number of hydrogen-bond acceptors (Lipinski definition) is 6. The van der Waals surface area contributed by atoms with Crippen LogP contribution in [0.5, 0.6) is 11.5 Å². The van der Waals surface area contributed by atoms with E-state index in [2.05, 4.69) is 15.3 Å². The van der Waals surface area contributed by atoms with Crippen LogP contribution in [-0.2, 0) is 0 Å². The van der Waals surface area contributed by atoms with E-state index in [4.69, 9.17) is 9.47 Å². The molecule has 1 N–H and O–H groups in total. The fourth-order valence-electron chi connectivity index (χ4n) is 3.37. The van der Waals surface area contributed by atoms with Crippen LogP contribution in [0.15, 0.2) is 48.8 Å². The third-order valence-corrected chi connectivity index (χ3v) is 5.62. The molecule has 4 aromatic rings. The Labute approximate surface area is 178 Å². The van der Waals surface area contributed by atoms with Gasteiger partial charge in [0, 0.05) is 22.2 Å². The summed E-state index contributed by atoms with van der Waals surface area (Å²) in [5.74, 6) is 1.81. The van der Waals surface area contributed by atoms with Crippen molar-refractivity contribution in [1.82, 2.24) is 9.97 Å². The third-order valence-electron chi connectivity index (χ3n) is 4.60. The minimum atomic E-state index is -0.261. The van der Waals surface area contributed by atoms with Crippen LogP contribution in [0.1, 0.15) is 18.7 Å². The number of anilines is 2. The van der Waals surface area contributed by atoms with Gasteiger partial charge in [0.25, 0.3) is 0 Å². The van der Waals surface area contributed by atoms with Crippen molar-refractivity contribution in [2.75, 3.05) is 18.5 Å². The molecule has 0 atom stereocenters. The third kappa shape index (κ3) is 3.93. The monoisotopic (exact) mass is 423 g/mol. The molecule has 2 aromatic heterocycles. The van der Waals surface area contributed by atoms with E-state index in [1.165, 1.54) is 12.1 Å². The van der Waals surface area contributed by atoms with Gasteiger partial charge >= 0.3 is 0 Å². The molecule has 5 nitrogen and oxygen atoms in total. The van der Waals surface area contributed by atoms with Gasteiger partial charge < -0.3 is 14.8 Å². The van der Waals surface area contributed by atoms with E-state index in [1.807, 2.05) is 39.0 Å². The number of fused-ring (bicyclic) bond motifs is 1. The first-order valence-corrected chi connectivity index (χ1v) is 10.6. The van der Waals surface area contributed by atoms with Crippen LogP contribution in [0.3, 0.4) is 0 Å². The molecule has 0 aliphatic carbocycles. The zero-order chi connectivity index (χ0) is 21.1. The van der Waals surface area contributed by atoms with Gasteiger partial charge in [0.05, 0.1) is 18.6 Å². The Balaban J connectivity index is 1.78. The molecule has 2 aromatic carbocycles. The Hall–Kier alpha value is -3.19. The van der Waals surface area contributed by atoms with Crippen molar-refractivity contribution in [2.24, 2.45) is 0 Å². The van der Waals surface area contributed by atoms with Crippen LogP contribution in [0.4, 0.5) is 15.9 Å². The molecule has 0 aliphatic rings. The maximum atomic E-state index is 13.4. The number of ether oxygens (including phenoxy) is 2. The largest absolute Gasteiger partial charge is 0.490 e. The van der Waals surface area contributed by atoms with Crippen LogP contribution < -0.4 is 14.8 Å². The number of nitrogens with one attached hydrogen (secondary N) is 1. The number of rotatable bonds is 7. The van der Waals surface area contributed by atoms with E-state index in [9.17, 15) is 4.39 Å². The Bertz CT molecular complexity index is 1180. The SMILES string of the molecule is CCOc1ccc(Nc2ncnc3sc(C)c(-c4ccc(F)cc4)c23)cc1OCC. The quantitative estimate of drug-likeness (QED) is 0.375. The number of halogens is 1. The Morgan fingerprint density at radius 2 is 1.70 bits per heavy atom. The summed E-state index contributed by atoms with van der Waals surface area (Å²) in [6.45, 7) is 7.02. The van der Waals surface area contributed by atoms with Crippen LogP contribution in [0.2, 0.25) is 0 Å². The van der Waals surface area contributed by atoms with Crippen molar-refractivity contribution in [3.8, 4) is 22.6 Å². The van der Waals surface area contributed by atoms with Crippen LogP contribution in [0.25, 0.3) is 21.3 Å². The van der Waals surface area contributed by atoms with Crippen LogP contribution >= 0.6 is 11.3 Å². The number of benzene rings is 2. The van der Waals surface area contributed by atoms with Crippen molar-refractivity contribution in [2.45, 2.75) is 20.8 Å². The predicted octanol–water partition coefficient (Wildman–Crippen LogP) is 6.35. The molecule has 0 unspecified atom stereocenters. The summed E-state index contributed by atoms with van der Waals surface area (Å²) >= 11 is 1.59. The number of aryl methyl sites for hydroxylation is 1. The van der Waals surface area contributed by atoms with Gasteiger partial charge in [-0.2, -0.15) is 0 Å². The summed E-state index contributed by atoms with van der Waals surface area (Å²) in [5, 5.41) is 4.31. The highest BCUT2D eigenvalue weighted by molar-refractivity contribution is 7.19. The average Bonchev–Trinajstić information content (AvgIpc) is 3.08. The zero-order valence-corrected chi connectivity index (χ0v) is 17.8. The molecule has 154 valence electrons. The average molecular weight is 424 g/mol. The summed E-state index contributed by atoms with van der Waals surface area (Å²) in [6, 6.07) is 12.2. The highest BCUT2D eigenvalue weighted by Crippen LogP contribution is 2.41. The van der Waals surface area contributed by atoms with Gasteiger partial charge in [-0.3, -0.25) is 0 Å². The lowest BCUT2D eigenvalue weighted by molar-refractivity contribution is 0.288. The van der Waals surface area contributed by atoms with E-state index in [0.29, 0.717) is 30.5 Å². The lowest BCUT2D eigenvalue weighted by Gasteiger charge is -2.14. The molecule has 0 saturated carbocycles. The van der Waals surface area contributed by atoms with E-state index in [0.717, 1.165) is 31.9 Å². The van der Waals surface area contributed by atoms with Gasteiger partial charge in [-0.1, -0.05) is 12.1 Å². The Morgan fingerprint density at radius 1 is 0.967 bits per heavy atom. The van der Waals surface area contributed by atoms with Crippen molar-refractivity contribution in [1.29, 1.82) is 0 Å². The number of hydrogen-bond donors (Lipinski definition) is 1. The molecule has 0 radical (unpaired) electrons. The molecule has 4 rings (SSSR count). The molecule has 30 heavy (non-hydrogen) atoms. The van der Waals surface area contributed by atoms with E-state index in [1.54, 1.807) is 29.8 Å². The molecule has 7 heteroatoms. The van der Waals surface area contributed by atoms with Crippen molar-refractivity contribution in [3.05, 3.63) is 59.5 Å². The van der Waals surface area contributed by atoms with E-state index < -0.39 is 0 Å². The minimum absolute atomic E-state index is 0.261. The van der Waals surface area contributed by atoms with Crippen molar-refractivity contribution >= 4 is 33.1 Å². The molecule has 0 fully saturated rings. The molecule has 0 spiro atoms. The zero-order valence-electron chi connectivity index (χ0n) is 17.0. The molecule has 0 saturated heterocycles. The summed E-state index contributed by atoms with van der Waals surface area (Å²) in [7, 11) is 0. The summed E-state index contributed by atoms with van der Waals surface area (Å²) in [5.41, 5.74) is 2.77. The first-order chi connectivity index (χ1) is 14.6. The molecular formula is C23H22FN3O2S. The number of nitrogens with zero attached hydrogens (tertiary/aromatic N) is 2. The van der Waals surface area contributed by atoms with Gasteiger partial charge in [0.15, 0.2) is 11.5 Å². The Morgan fingerprint density at radius 3 is 2.43 bits per heavy atom. The number of aromatic nitrogens is 2. The maximum Gasteiger partial charge on any atom is 0.163 e. The molecule has 0 amide bonds. The molecular weight excluding hydrogens is 401 g/mol. The second-order valence-corrected chi connectivity index (χ2v) is 7.80. The van der Waals surface area contributed by atoms with Gasteiger partial charge in [-0.25, -0.2) is 14.4 Å². The van der Waals surface area contributed by atoms with E-state index >= 15 is 0 Å². The molecule has 0 bridgehead atoms. The van der Waals surface area contributed by atoms with Crippen LogP contribution in [-0.4, -0.2) is 23.2 Å². The lowest BCUT2D eigenvalue weighted by atomic mass is 10.0. The Kier molecular flexibility index (Phi) is 5.81. The molecule has 2 heterocycles. The fraction of sp³-hybridized carbons (Fsp3) is 0.217. The van der Waals surface area contributed by atoms with Gasteiger partial charge in [0.2, 0.25) is 0 Å². The minimum Gasteiger partial charge on any atom is -0.490 e. The normalized spacial score (nSPS) is 10.9. The predicted molar refractivity (Wildman–Crippen MR) is 120 cm³/mol. The summed E-state index contributed by atoms with van der Waals surface area (Å²) in [6.07, 6.45) is 1.55. The lowest BCUT2D eigenvalue weighted by Crippen LogP contribution is -2.00. The van der Waals surface area contributed by atoms with Gasteiger partial charge in [0.1, 0.15) is 22.8 Å². The fourth-order valence-corrected chi connectivity index (χ4v) is 4.38. The standard InChI is InChI=1S/C23H22FN3O2S/c1-4-28-18-11-10-17(12-19(18)29-5-2)27-22-21-20(15-6-8-16(24)9-7-15)14(3)30-23(21)26-13-25-22/h6-13H,4-5H2,1-3H3,(H,25,26,27). The van der Waals surface area contributed by atoms with Gasteiger partial charge in [-0.05, 0) is 50.6 Å². The summed E-state index contributed by atoms with van der Waals surface area (Å²) in [4.78, 5) is 10.9. The first-order valence-electron chi connectivity index (χ1n) is 9.77. The van der Waals surface area contributed by atoms with Crippen molar-refractivity contribution in [3.63, 3.8) is 0 Å². The topological polar surface area (TPSA) is 56.3 Å².